The van der Waals surface area contributed by atoms with Crippen LogP contribution in [0.15, 0.2) is 18.2 Å². The quantitative estimate of drug-likeness (QED) is 0.646. The van der Waals surface area contributed by atoms with E-state index in [0.717, 1.165) is 0 Å². The fraction of sp³-hybridized carbons (Fsp3) is 0.250. The maximum atomic E-state index is 12.6. The summed E-state index contributed by atoms with van der Waals surface area (Å²) in [6.45, 7) is 1.76. The van der Waals surface area contributed by atoms with Crippen molar-refractivity contribution in [3.8, 4) is 5.75 Å². The Labute approximate surface area is 64.5 Å². The van der Waals surface area contributed by atoms with Crippen LogP contribution in [0.1, 0.15) is 18.5 Å². The van der Waals surface area contributed by atoms with Crippen LogP contribution < -0.4 is 5.73 Å². The number of benzene rings is 1. The Hall–Kier alpha value is -1.09. The van der Waals surface area contributed by atoms with Crippen molar-refractivity contribution < 1.29 is 9.50 Å². The van der Waals surface area contributed by atoms with Gasteiger partial charge in [0.05, 0.1) is 0 Å². The van der Waals surface area contributed by atoms with Gasteiger partial charge in [-0.25, -0.2) is 4.39 Å². The van der Waals surface area contributed by atoms with Crippen molar-refractivity contribution in [1.82, 2.24) is 0 Å². The van der Waals surface area contributed by atoms with Crippen molar-refractivity contribution in [1.29, 1.82) is 0 Å². The van der Waals surface area contributed by atoms with E-state index in [0.29, 0.717) is 5.56 Å². The van der Waals surface area contributed by atoms with Crippen molar-refractivity contribution >= 4 is 0 Å². The molecule has 3 N–H and O–H groups in total. The summed E-state index contributed by atoms with van der Waals surface area (Å²) in [6, 6.07) is 3.93. The van der Waals surface area contributed by atoms with Crippen LogP contribution in [0.5, 0.6) is 5.75 Å². The van der Waals surface area contributed by atoms with Gasteiger partial charge in [-0.3, -0.25) is 0 Å². The third-order valence-corrected chi connectivity index (χ3v) is 1.50. The molecule has 60 valence electrons. The lowest BCUT2D eigenvalue weighted by Crippen LogP contribution is -2.04. The summed E-state index contributed by atoms with van der Waals surface area (Å²) in [7, 11) is 0. The lowest BCUT2D eigenvalue weighted by molar-refractivity contribution is 0.431. The first-order valence-corrected chi connectivity index (χ1v) is 3.35. The lowest BCUT2D eigenvalue weighted by Gasteiger charge is -2.04. The van der Waals surface area contributed by atoms with Crippen molar-refractivity contribution in [3.05, 3.63) is 29.6 Å². The van der Waals surface area contributed by atoms with E-state index in [4.69, 9.17) is 10.8 Å². The van der Waals surface area contributed by atoms with E-state index in [9.17, 15) is 4.39 Å². The SMILES string of the molecule is C[C@H](N)c1ccc(O)c(F)c1. The summed E-state index contributed by atoms with van der Waals surface area (Å²) in [4.78, 5) is 0. The fourth-order valence-electron chi connectivity index (χ4n) is 0.806. The Morgan fingerprint density at radius 2 is 2.18 bits per heavy atom. The molecule has 11 heavy (non-hydrogen) atoms. The molecule has 1 aromatic rings. The molecule has 1 aromatic carbocycles. The zero-order chi connectivity index (χ0) is 8.43. The van der Waals surface area contributed by atoms with Gasteiger partial charge < -0.3 is 10.8 Å². The molecule has 0 unspecified atom stereocenters. The van der Waals surface area contributed by atoms with Crippen LogP contribution in [0.4, 0.5) is 4.39 Å². The van der Waals surface area contributed by atoms with Gasteiger partial charge in [-0.15, -0.1) is 0 Å². The number of aromatic hydroxyl groups is 1. The molecule has 1 rings (SSSR count). The number of rotatable bonds is 1. The van der Waals surface area contributed by atoms with Gasteiger partial charge >= 0.3 is 0 Å². The van der Waals surface area contributed by atoms with E-state index in [1.807, 2.05) is 0 Å². The molecule has 0 spiro atoms. The molecule has 0 aromatic heterocycles. The van der Waals surface area contributed by atoms with Gasteiger partial charge in [0, 0.05) is 6.04 Å². The van der Waals surface area contributed by atoms with Crippen molar-refractivity contribution in [3.63, 3.8) is 0 Å². The maximum absolute atomic E-state index is 12.6. The Kier molecular flexibility index (Phi) is 2.10. The highest BCUT2D eigenvalue weighted by molar-refractivity contribution is 5.29. The normalized spacial score (nSPS) is 13.0. The minimum Gasteiger partial charge on any atom is -0.505 e. The first kappa shape index (κ1) is 8.01. The highest BCUT2D eigenvalue weighted by Gasteiger charge is 2.03. The van der Waals surface area contributed by atoms with Crippen molar-refractivity contribution in [2.75, 3.05) is 0 Å². The molecular weight excluding hydrogens is 145 g/mol. The van der Waals surface area contributed by atoms with Crippen LogP contribution >= 0.6 is 0 Å². The Balaban J connectivity index is 3.05. The highest BCUT2D eigenvalue weighted by atomic mass is 19.1. The average molecular weight is 155 g/mol. The monoisotopic (exact) mass is 155 g/mol. The smallest absolute Gasteiger partial charge is 0.165 e. The number of phenolic OH excluding ortho intramolecular Hbond substituents is 1. The fourth-order valence-corrected chi connectivity index (χ4v) is 0.806. The van der Waals surface area contributed by atoms with Gasteiger partial charge in [0.2, 0.25) is 0 Å². The van der Waals surface area contributed by atoms with Crippen LogP contribution in [0.3, 0.4) is 0 Å². The first-order valence-electron chi connectivity index (χ1n) is 3.35. The van der Waals surface area contributed by atoms with Crippen LogP contribution in [-0.4, -0.2) is 5.11 Å². The molecule has 0 saturated heterocycles. The topological polar surface area (TPSA) is 46.2 Å². The Morgan fingerprint density at radius 1 is 1.55 bits per heavy atom. The van der Waals surface area contributed by atoms with Gasteiger partial charge in [-0.05, 0) is 24.6 Å². The molecule has 0 fully saturated rings. The molecule has 0 saturated carbocycles. The summed E-state index contributed by atoms with van der Waals surface area (Å²) in [5.74, 6) is -0.964. The predicted molar refractivity (Wildman–Crippen MR) is 40.7 cm³/mol. The molecule has 1 atom stereocenters. The summed E-state index contributed by atoms with van der Waals surface area (Å²) in [6.07, 6.45) is 0. The molecular formula is C8H10FNO. The molecule has 0 amide bonds. The van der Waals surface area contributed by atoms with E-state index >= 15 is 0 Å². The number of hydrogen-bond donors (Lipinski definition) is 2. The minimum absolute atomic E-state index is 0.204. The van der Waals surface area contributed by atoms with E-state index in [1.54, 1.807) is 13.0 Å². The van der Waals surface area contributed by atoms with Crippen LogP contribution in [0, 0.1) is 5.82 Å². The second-order valence-electron chi connectivity index (χ2n) is 2.50. The van der Waals surface area contributed by atoms with Crippen LogP contribution in [0.25, 0.3) is 0 Å². The first-order chi connectivity index (χ1) is 5.11. The predicted octanol–water partition coefficient (Wildman–Crippen LogP) is 1.55. The standard InChI is InChI=1S/C8H10FNO/c1-5(10)6-2-3-8(11)7(9)4-6/h2-5,11H,10H2,1H3/t5-/m0/s1. The van der Waals surface area contributed by atoms with Gasteiger partial charge in [0.25, 0.3) is 0 Å². The average Bonchev–Trinajstić information content (AvgIpc) is 1.94. The second-order valence-corrected chi connectivity index (χ2v) is 2.50. The highest BCUT2D eigenvalue weighted by Crippen LogP contribution is 2.18. The third kappa shape index (κ3) is 1.68. The Bertz CT molecular complexity index is 260. The molecule has 0 radical (unpaired) electrons. The number of hydrogen-bond acceptors (Lipinski definition) is 2. The summed E-state index contributed by atoms with van der Waals surface area (Å²) in [5.41, 5.74) is 6.17. The van der Waals surface area contributed by atoms with Crippen LogP contribution in [0.2, 0.25) is 0 Å². The van der Waals surface area contributed by atoms with Gasteiger partial charge in [0.1, 0.15) is 0 Å². The van der Waals surface area contributed by atoms with E-state index in [1.165, 1.54) is 12.1 Å². The molecule has 2 nitrogen and oxygen atoms in total. The zero-order valence-corrected chi connectivity index (χ0v) is 6.21. The second kappa shape index (κ2) is 2.88. The largest absolute Gasteiger partial charge is 0.505 e. The van der Waals surface area contributed by atoms with E-state index < -0.39 is 5.82 Å². The molecule has 0 aliphatic heterocycles. The molecule has 0 heterocycles. The van der Waals surface area contributed by atoms with E-state index in [2.05, 4.69) is 0 Å². The van der Waals surface area contributed by atoms with Crippen molar-refractivity contribution in [2.24, 2.45) is 5.73 Å². The Morgan fingerprint density at radius 3 is 2.64 bits per heavy atom. The summed E-state index contributed by atoms with van der Waals surface area (Å²) < 4.78 is 12.6. The molecule has 0 aliphatic rings. The number of nitrogens with two attached hydrogens (primary N) is 1. The molecule has 0 bridgehead atoms. The summed E-state index contributed by atoms with van der Waals surface area (Å²) in [5, 5.41) is 8.81. The maximum Gasteiger partial charge on any atom is 0.165 e. The number of halogens is 1. The number of phenols is 1. The van der Waals surface area contributed by atoms with Crippen LogP contribution in [-0.2, 0) is 0 Å². The van der Waals surface area contributed by atoms with Gasteiger partial charge in [0.15, 0.2) is 11.6 Å². The van der Waals surface area contributed by atoms with Crippen molar-refractivity contribution in [2.45, 2.75) is 13.0 Å². The third-order valence-electron chi connectivity index (χ3n) is 1.50. The minimum atomic E-state index is -0.625. The van der Waals surface area contributed by atoms with Gasteiger partial charge in [-0.2, -0.15) is 0 Å². The van der Waals surface area contributed by atoms with E-state index in [-0.39, 0.29) is 11.8 Å². The van der Waals surface area contributed by atoms with Gasteiger partial charge in [-0.1, -0.05) is 6.07 Å². The molecule has 0 aliphatic carbocycles. The lowest BCUT2D eigenvalue weighted by atomic mass is 10.1. The zero-order valence-electron chi connectivity index (χ0n) is 6.21. The summed E-state index contributed by atoms with van der Waals surface area (Å²) >= 11 is 0. The molecule has 3 heteroatoms.